The summed E-state index contributed by atoms with van der Waals surface area (Å²) < 4.78 is 26.4. The number of pyridine rings is 1. The molecular weight excluding hydrogens is 564 g/mol. The number of carbonyl (C=O) groups excluding carboxylic acids is 2. The second-order valence-corrected chi connectivity index (χ2v) is 12.7. The van der Waals surface area contributed by atoms with Gasteiger partial charge in [-0.1, -0.05) is 61.4 Å². The molecule has 0 bridgehead atoms. The molecule has 3 aliphatic rings. The molecule has 238 valence electrons. The Hall–Kier alpha value is -3.43. The van der Waals surface area contributed by atoms with Crippen molar-refractivity contribution in [1.82, 2.24) is 14.4 Å². The second-order valence-electron chi connectivity index (χ2n) is 12.7. The maximum atomic E-state index is 13.2. The largest absolute Gasteiger partial charge is 0.387 e. The van der Waals surface area contributed by atoms with Gasteiger partial charge in [-0.25, -0.2) is 8.78 Å². The summed E-state index contributed by atoms with van der Waals surface area (Å²) in [5.74, 6) is -1.06. The zero-order chi connectivity index (χ0) is 31.9. The van der Waals surface area contributed by atoms with Crippen LogP contribution in [-0.2, 0) is 11.3 Å². The van der Waals surface area contributed by atoms with Crippen molar-refractivity contribution in [2.24, 2.45) is 11.3 Å². The standard InChI is InChI=1S/C25H33N3O3.C10H12F2O/c1-26(2)23(30)21-16-28(22(29)15-20(21)19-9-5-4-6-10-19)18-25(31)13-14-27(3)17-24(25)11-7-8-12-24;11-10(12)9(6-7-13)8-4-2-1-3-5-8/h4-6,9-10,15-16,31H,7-8,11-14,17-18H2,1-3H3;2,4-5,7,9-10H,1,3,6H2. The Morgan fingerprint density at radius 1 is 1.11 bits per heavy atom. The summed E-state index contributed by atoms with van der Waals surface area (Å²) in [5.41, 5.74) is 1.22. The molecule has 1 aliphatic heterocycles. The van der Waals surface area contributed by atoms with Crippen molar-refractivity contribution in [3.8, 4) is 11.1 Å². The fraction of sp³-hybridized carbons (Fsp3) is 0.514. The van der Waals surface area contributed by atoms with Gasteiger partial charge in [-0.3, -0.25) is 9.59 Å². The molecule has 1 saturated carbocycles. The highest BCUT2D eigenvalue weighted by Gasteiger charge is 2.54. The molecule has 1 aromatic carbocycles. The Labute approximate surface area is 258 Å². The number of aromatic nitrogens is 1. The van der Waals surface area contributed by atoms with Crippen molar-refractivity contribution in [1.29, 1.82) is 0 Å². The van der Waals surface area contributed by atoms with Gasteiger partial charge >= 0.3 is 0 Å². The molecule has 1 amide bonds. The quantitative estimate of drug-likeness (QED) is 0.396. The van der Waals surface area contributed by atoms with Crippen molar-refractivity contribution >= 4 is 12.2 Å². The fourth-order valence-corrected chi connectivity index (χ4v) is 6.95. The van der Waals surface area contributed by atoms with Gasteiger partial charge in [0, 0.05) is 56.8 Å². The van der Waals surface area contributed by atoms with E-state index in [0.29, 0.717) is 29.4 Å². The number of aldehydes is 1. The highest BCUT2D eigenvalue weighted by molar-refractivity contribution is 6.00. The molecule has 1 N–H and O–H groups in total. The van der Waals surface area contributed by atoms with Crippen LogP contribution in [0.1, 0.15) is 61.7 Å². The van der Waals surface area contributed by atoms with Crippen LogP contribution < -0.4 is 5.56 Å². The first-order chi connectivity index (χ1) is 21.0. The minimum absolute atomic E-state index is 0.0894. The van der Waals surface area contributed by atoms with E-state index in [0.717, 1.165) is 57.2 Å². The number of alkyl halides is 2. The molecule has 7 nitrogen and oxygen atoms in total. The Morgan fingerprint density at radius 2 is 1.82 bits per heavy atom. The topological polar surface area (TPSA) is 82.8 Å². The normalized spacial score (nSPS) is 21.8. The summed E-state index contributed by atoms with van der Waals surface area (Å²) in [5, 5.41) is 11.9. The summed E-state index contributed by atoms with van der Waals surface area (Å²) in [6.45, 7) is 1.88. The van der Waals surface area contributed by atoms with Crippen LogP contribution in [0, 0.1) is 11.3 Å². The highest BCUT2D eigenvalue weighted by atomic mass is 19.3. The monoisotopic (exact) mass is 609 g/mol. The van der Waals surface area contributed by atoms with E-state index in [1.54, 1.807) is 43.1 Å². The third-order valence-corrected chi connectivity index (χ3v) is 9.41. The number of likely N-dealkylation sites (tertiary alicyclic amines) is 1. The van der Waals surface area contributed by atoms with Crippen molar-refractivity contribution in [2.75, 3.05) is 34.2 Å². The molecule has 1 saturated heterocycles. The predicted molar refractivity (Wildman–Crippen MR) is 169 cm³/mol. The van der Waals surface area contributed by atoms with Gasteiger partial charge in [-0.2, -0.15) is 0 Å². The second kappa shape index (κ2) is 14.6. The molecule has 2 fully saturated rings. The van der Waals surface area contributed by atoms with Crippen LogP contribution in [0.15, 0.2) is 71.2 Å². The molecule has 44 heavy (non-hydrogen) atoms. The fourth-order valence-electron chi connectivity index (χ4n) is 6.95. The minimum Gasteiger partial charge on any atom is -0.387 e. The predicted octanol–water partition coefficient (Wildman–Crippen LogP) is 5.58. The van der Waals surface area contributed by atoms with Gasteiger partial charge in [-0.15, -0.1) is 0 Å². The summed E-state index contributed by atoms with van der Waals surface area (Å²) in [4.78, 5) is 40.2. The van der Waals surface area contributed by atoms with Gasteiger partial charge in [0.05, 0.1) is 23.6 Å². The van der Waals surface area contributed by atoms with Crippen molar-refractivity contribution in [3.63, 3.8) is 0 Å². The van der Waals surface area contributed by atoms with Crippen molar-refractivity contribution < 1.29 is 23.5 Å². The molecular formula is C35H45F2N3O4. The van der Waals surface area contributed by atoms with E-state index in [1.807, 2.05) is 36.4 Å². The van der Waals surface area contributed by atoms with E-state index in [2.05, 4.69) is 11.9 Å². The average Bonchev–Trinajstić information content (AvgIpc) is 3.49. The summed E-state index contributed by atoms with van der Waals surface area (Å²) in [6.07, 6.45) is 11.6. The first kappa shape index (κ1) is 33.5. The lowest BCUT2D eigenvalue weighted by atomic mass is 9.66. The number of piperidine rings is 1. The Balaban J connectivity index is 0.000000285. The lowest BCUT2D eigenvalue weighted by molar-refractivity contribution is -0.139. The van der Waals surface area contributed by atoms with Crippen LogP contribution in [0.5, 0.6) is 0 Å². The van der Waals surface area contributed by atoms with E-state index >= 15 is 0 Å². The van der Waals surface area contributed by atoms with Gasteiger partial charge in [0.15, 0.2) is 0 Å². The van der Waals surface area contributed by atoms with Crippen LogP contribution in [0.4, 0.5) is 8.78 Å². The maximum absolute atomic E-state index is 13.2. The van der Waals surface area contributed by atoms with E-state index < -0.39 is 17.9 Å². The number of halogens is 2. The molecule has 1 aromatic heterocycles. The summed E-state index contributed by atoms with van der Waals surface area (Å²) >= 11 is 0. The molecule has 1 spiro atoms. The lowest BCUT2D eigenvalue weighted by Gasteiger charge is -2.51. The Bertz CT molecular complexity index is 1410. The zero-order valence-corrected chi connectivity index (χ0v) is 26.1. The first-order valence-electron chi connectivity index (χ1n) is 15.5. The van der Waals surface area contributed by atoms with Crippen molar-refractivity contribution in [2.45, 2.75) is 69.9 Å². The van der Waals surface area contributed by atoms with Crippen LogP contribution in [0.3, 0.4) is 0 Å². The SMILES string of the molecule is CN1CCC(O)(Cn2cc(C(=O)N(C)C)c(-c3ccccc3)cc2=O)C2(CCCC2)C1.O=CCC(C1=CCCC=C1)C(F)F. The smallest absolute Gasteiger partial charge is 0.255 e. The van der Waals surface area contributed by atoms with Gasteiger partial charge in [0.1, 0.15) is 6.29 Å². The molecule has 9 heteroatoms. The Morgan fingerprint density at radius 3 is 2.41 bits per heavy atom. The molecule has 2 atom stereocenters. The number of allylic oxidation sites excluding steroid dienone is 4. The van der Waals surface area contributed by atoms with Crippen LogP contribution in [0.25, 0.3) is 11.1 Å². The number of aliphatic hydroxyl groups is 1. The van der Waals surface area contributed by atoms with Crippen LogP contribution in [-0.4, -0.2) is 77.9 Å². The third kappa shape index (κ3) is 7.44. The van der Waals surface area contributed by atoms with Gasteiger partial charge in [0.2, 0.25) is 6.43 Å². The molecule has 5 rings (SSSR count). The number of rotatable bonds is 8. The Kier molecular flexibility index (Phi) is 11.1. The first-order valence-corrected chi connectivity index (χ1v) is 15.5. The van der Waals surface area contributed by atoms with Gasteiger partial charge in [0.25, 0.3) is 11.5 Å². The number of nitrogens with zero attached hydrogens (tertiary/aromatic N) is 3. The third-order valence-electron chi connectivity index (χ3n) is 9.41. The molecule has 2 heterocycles. The van der Waals surface area contributed by atoms with Crippen LogP contribution >= 0.6 is 0 Å². The molecule has 0 radical (unpaired) electrons. The number of hydrogen-bond acceptors (Lipinski definition) is 5. The molecule has 2 aliphatic carbocycles. The van der Waals surface area contributed by atoms with E-state index in [9.17, 15) is 28.3 Å². The van der Waals surface area contributed by atoms with E-state index in [4.69, 9.17) is 0 Å². The molecule has 2 unspecified atom stereocenters. The van der Waals surface area contributed by atoms with Crippen LogP contribution in [0.2, 0.25) is 0 Å². The minimum atomic E-state index is -2.45. The lowest BCUT2D eigenvalue weighted by Crippen LogP contribution is -2.60. The van der Waals surface area contributed by atoms with E-state index in [-0.39, 0.29) is 29.8 Å². The van der Waals surface area contributed by atoms with Crippen molar-refractivity contribution in [3.05, 3.63) is 82.3 Å². The average molecular weight is 610 g/mol. The van der Waals surface area contributed by atoms with E-state index in [1.165, 1.54) is 4.90 Å². The maximum Gasteiger partial charge on any atom is 0.255 e. The number of carbonyl (C=O) groups is 2. The summed E-state index contributed by atoms with van der Waals surface area (Å²) in [6, 6.07) is 11.1. The van der Waals surface area contributed by atoms with Gasteiger partial charge < -0.3 is 24.3 Å². The number of amides is 1. The van der Waals surface area contributed by atoms with Gasteiger partial charge in [-0.05, 0) is 50.3 Å². The number of benzene rings is 1. The highest BCUT2D eigenvalue weighted by Crippen LogP contribution is 2.51. The zero-order valence-electron chi connectivity index (χ0n) is 26.1. The summed E-state index contributed by atoms with van der Waals surface area (Å²) in [7, 11) is 5.53. The number of hydrogen-bond donors (Lipinski definition) is 1. The molecule has 2 aromatic rings.